The van der Waals surface area contributed by atoms with E-state index in [4.69, 9.17) is 12.2 Å². The molecule has 3 aromatic carbocycles. The van der Waals surface area contributed by atoms with Crippen molar-refractivity contribution in [2.75, 3.05) is 4.90 Å². The smallest absolute Gasteiger partial charge is 0.268 e. The minimum atomic E-state index is -0.342. The van der Waals surface area contributed by atoms with Gasteiger partial charge in [0.25, 0.3) is 5.91 Å². The fraction of sp³-hybridized carbons (Fsp3) is 0. The molecule has 26 heavy (non-hydrogen) atoms. The van der Waals surface area contributed by atoms with Crippen molar-refractivity contribution in [2.24, 2.45) is 0 Å². The number of fused-ring (bicyclic) bond motifs is 1. The number of carbonyl (C=O) groups is 1. The summed E-state index contributed by atoms with van der Waals surface area (Å²) in [6, 6.07) is 18.3. The Morgan fingerprint density at radius 2 is 1.85 bits per heavy atom. The molecule has 128 valence electrons. The largest absolute Gasteiger partial charge is 0.270 e. The SMILES string of the molecule is O=C1/C(=C/c2ccc(F)c(Br)c2)SC(=S)N1c1cccc2ccccc12. The maximum Gasteiger partial charge on any atom is 0.270 e. The summed E-state index contributed by atoms with van der Waals surface area (Å²) >= 11 is 9.88. The molecule has 1 aliphatic heterocycles. The molecule has 0 saturated carbocycles. The lowest BCUT2D eigenvalue weighted by Gasteiger charge is -2.17. The van der Waals surface area contributed by atoms with Crippen molar-refractivity contribution < 1.29 is 9.18 Å². The van der Waals surface area contributed by atoms with Crippen LogP contribution in [-0.2, 0) is 4.79 Å². The van der Waals surface area contributed by atoms with Crippen molar-refractivity contribution in [3.05, 3.63) is 81.4 Å². The Bertz CT molecular complexity index is 1090. The van der Waals surface area contributed by atoms with Gasteiger partial charge in [-0.05, 0) is 51.2 Å². The maximum atomic E-state index is 13.4. The van der Waals surface area contributed by atoms with E-state index in [0.717, 1.165) is 22.0 Å². The Morgan fingerprint density at radius 3 is 2.65 bits per heavy atom. The molecule has 0 atom stereocenters. The van der Waals surface area contributed by atoms with Gasteiger partial charge >= 0.3 is 0 Å². The highest BCUT2D eigenvalue weighted by atomic mass is 79.9. The van der Waals surface area contributed by atoms with E-state index in [9.17, 15) is 9.18 Å². The highest BCUT2D eigenvalue weighted by Crippen LogP contribution is 2.39. The predicted molar refractivity (Wildman–Crippen MR) is 114 cm³/mol. The third-order valence-corrected chi connectivity index (χ3v) is 5.95. The second kappa shape index (κ2) is 6.95. The van der Waals surface area contributed by atoms with Crippen LogP contribution in [0.4, 0.5) is 10.1 Å². The fourth-order valence-corrected chi connectivity index (χ4v) is 4.51. The van der Waals surface area contributed by atoms with Crippen LogP contribution in [0.15, 0.2) is 70.0 Å². The zero-order valence-electron chi connectivity index (χ0n) is 13.3. The Labute approximate surface area is 167 Å². The van der Waals surface area contributed by atoms with Gasteiger partial charge in [0.15, 0.2) is 4.32 Å². The van der Waals surface area contributed by atoms with Crippen LogP contribution in [0.1, 0.15) is 5.56 Å². The molecule has 0 unspecified atom stereocenters. The topological polar surface area (TPSA) is 20.3 Å². The van der Waals surface area contributed by atoms with E-state index in [1.165, 1.54) is 17.8 Å². The number of carbonyl (C=O) groups excluding carboxylic acids is 1. The Kier molecular flexibility index (Phi) is 4.65. The molecule has 0 spiro atoms. The fourth-order valence-electron chi connectivity index (χ4n) is 2.83. The van der Waals surface area contributed by atoms with Crippen molar-refractivity contribution in [3.8, 4) is 0 Å². The van der Waals surface area contributed by atoms with Crippen LogP contribution in [0.5, 0.6) is 0 Å². The van der Waals surface area contributed by atoms with Crippen molar-refractivity contribution >= 4 is 72.7 Å². The van der Waals surface area contributed by atoms with Crippen LogP contribution < -0.4 is 4.90 Å². The highest BCUT2D eigenvalue weighted by Gasteiger charge is 2.34. The van der Waals surface area contributed by atoms with Gasteiger partial charge in [-0.3, -0.25) is 9.69 Å². The first kappa shape index (κ1) is 17.4. The Hall–Kier alpha value is -2.02. The van der Waals surface area contributed by atoms with Gasteiger partial charge in [0, 0.05) is 5.39 Å². The molecule has 6 heteroatoms. The number of benzene rings is 3. The molecule has 1 saturated heterocycles. The average molecular weight is 444 g/mol. The van der Waals surface area contributed by atoms with Crippen LogP contribution in [0.3, 0.4) is 0 Å². The molecule has 0 N–H and O–H groups in total. The Balaban J connectivity index is 1.75. The number of amides is 1. The lowest BCUT2D eigenvalue weighted by Crippen LogP contribution is -2.27. The zero-order chi connectivity index (χ0) is 18.3. The van der Waals surface area contributed by atoms with E-state index in [1.54, 1.807) is 23.1 Å². The van der Waals surface area contributed by atoms with Crippen LogP contribution >= 0.6 is 39.9 Å². The number of thiocarbonyl (C=S) groups is 1. The molecule has 1 amide bonds. The molecule has 4 rings (SSSR count). The predicted octanol–water partition coefficient (Wildman–Crippen LogP) is 6.15. The molecule has 3 aromatic rings. The molecule has 1 fully saturated rings. The van der Waals surface area contributed by atoms with Crippen molar-refractivity contribution in [1.29, 1.82) is 0 Å². The van der Waals surface area contributed by atoms with Gasteiger partial charge in [-0.15, -0.1) is 0 Å². The van der Waals surface area contributed by atoms with E-state index < -0.39 is 0 Å². The number of nitrogens with zero attached hydrogens (tertiary/aromatic N) is 1. The Morgan fingerprint density at radius 1 is 1.08 bits per heavy atom. The molecule has 0 aromatic heterocycles. The van der Waals surface area contributed by atoms with E-state index in [0.29, 0.717) is 13.7 Å². The van der Waals surface area contributed by atoms with E-state index in [-0.39, 0.29) is 11.7 Å². The standard InChI is InChI=1S/C20H11BrFNOS2/c21-15-10-12(8-9-16(15)22)11-18-19(24)23(20(25)26-18)17-7-3-5-13-4-1-2-6-14(13)17/h1-11H/b18-11-. The van der Waals surface area contributed by atoms with Gasteiger partial charge in [0.1, 0.15) is 5.82 Å². The molecule has 0 radical (unpaired) electrons. The van der Waals surface area contributed by atoms with Crippen LogP contribution in [0.25, 0.3) is 16.8 Å². The van der Waals surface area contributed by atoms with Crippen molar-refractivity contribution in [2.45, 2.75) is 0 Å². The van der Waals surface area contributed by atoms with Gasteiger partial charge < -0.3 is 0 Å². The van der Waals surface area contributed by atoms with Gasteiger partial charge in [-0.25, -0.2) is 4.39 Å². The first-order chi connectivity index (χ1) is 12.5. The van der Waals surface area contributed by atoms with Crippen molar-refractivity contribution in [1.82, 2.24) is 0 Å². The van der Waals surface area contributed by atoms with E-state index in [2.05, 4.69) is 15.9 Å². The normalized spacial score (nSPS) is 16.1. The summed E-state index contributed by atoms with van der Waals surface area (Å²) in [6.07, 6.45) is 1.73. The number of hydrogen-bond donors (Lipinski definition) is 0. The molecule has 1 heterocycles. The average Bonchev–Trinajstić information content (AvgIpc) is 2.91. The van der Waals surface area contributed by atoms with E-state index >= 15 is 0 Å². The first-order valence-electron chi connectivity index (χ1n) is 7.75. The lowest BCUT2D eigenvalue weighted by molar-refractivity contribution is -0.113. The summed E-state index contributed by atoms with van der Waals surface area (Å²) in [5, 5.41) is 2.02. The number of anilines is 1. The first-order valence-corrected chi connectivity index (χ1v) is 9.77. The quantitative estimate of drug-likeness (QED) is 0.350. The van der Waals surface area contributed by atoms with Crippen LogP contribution in [-0.4, -0.2) is 10.2 Å². The summed E-state index contributed by atoms with van der Waals surface area (Å²) in [5.74, 6) is -0.512. The number of thioether (sulfide) groups is 1. The van der Waals surface area contributed by atoms with Crippen LogP contribution in [0, 0.1) is 5.82 Å². The molecule has 0 bridgehead atoms. The molecular formula is C20H11BrFNOS2. The summed E-state index contributed by atoms with van der Waals surface area (Å²) in [7, 11) is 0. The molecular weight excluding hydrogens is 433 g/mol. The molecule has 0 aliphatic carbocycles. The maximum absolute atomic E-state index is 13.4. The van der Waals surface area contributed by atoms with Gasteiger partial charge in [0.05, 0.1) is 15.1 Å². The number of halogens is 2. The summed E-state index contributed by atoms with van der Waals surface area (Å²) in [5.41, 5.74) is 1.51. The minimum absolute atomic E-state index is 0.170. The van der Waals surface area contributed by atoms with Gasteiger partial charge in [0.2, 0.25) is 0 Å². The van der Waals surface area contributed by atoms with Gasteiger partial charge in [-0.1, -0.05) is 66.4 Å². The third kappa shape index (κ3) is 3.09. The second-order valence-electron chi connectivity index (χ2n) is 5.69. The third-order valence-electron chi connectivity index (χ3n) is 4.04. The van der Waals surface area contributed by atoms with Crippen molar-refractivity contribution in [3.63, 3.8) is 0 Å². The van der Waals surface area contributed by atoms with Gasteiger partial charge in [-0.2, -0.15) is 0 Å². The molecule has 1 aliphatic rings. The highest BCUT2D eigenvalue weighted by molar-refractivity contribution is 9.10. The summed E-state index contributed by atoms with van der Waals surface area (Å²) in [4.78, 5) is 15.1. The summed E-state index contributed by atoms with van der Waals surface area (Å²) < 4.78 is 14.3. The lowest BCUT2D eigenvalue weighted by atomic mass is 10.1. The number of hydrogen-bond acceptors (Lipinski definition) is 3. The number of rotatable bonds is 2. The molecule has 2 nitrogen and oxygen atoms in total. The van der Waals surface area contributed by atoms with Crippen LogP contribution in [0.2, 0.25) is 0 Å². The zero-order valence-corrected chi connectivity index (χ0v) is 16.5. The van der Waals surface area contributed by atoms with E-state index in [1.807, 2.05) is 42.5 Å². The minimum Gasteiger partial charge on any atom is -0.268 e. The monoisotopic (exact) mass is 443 g/mol. The second-order valence-corrected chi connectivity index (χ2v) is 8.22. The summed E-state index contributed by atoms with van der Waals surface area (Å²) in [6.45, 7) is 0.